The molecule has 1 aliphatic heterocycles. The van der Waals surface area contributed by atoms with Crippen LogP contribution in [-0.2, 0) is 0 Å². The maximum atomic E-state index is 3.47. The van der Waals surface area contributed by atoms with E-state index in [2.05, 4.69) is 31.1 Å². The third-order valence-corrected chi connectivity index (χ3v) is 2.28. The first-order chi connectivity index (χ1) is 6.16. The van der Waals surface area contributed by atoms with E-state index >= 15 is 0 Å². The van der Waals surface area contributed by atoms with Gasteiger partial charge < -0.3 is 10.2 Å². The predicted octanol–water partition coefficient (Wildman–Crippen LogP) is 1.96. The normalized spacial score (nSPS) is 20.1. The van der Waals surface area contributed by atoms with Crippen LogP contribution in [-0.4, -0.2) is 38.1 Å². The molecule has 0 aromatic rings. The van der Waals surface area contributed by atoms with Crippen molar-refractivity contribution in [3.63, 3.8) is 0 Å². The zero-order valence-corrected chi connectivity index (χ0v) is 9.98. The van der Waals surface area contributed by atoms with E-state index in [-0.39, 0.29) is 0 Å². The molecular weight excluding hydrogens is 160 g/mol. The standard InChI is InChI=1S/C9H20N2.C2H6/c1-4-5-10-6-9(2)7-11(3)8-9;1-2/h10H,4-8H2,1-3H3;1-2H3. The van der Waals surface area contributed by atoms with Crippen molar-refractivity contribution in [2.45, 2.75) is 34.1 Å². The van der Waals surface area contributed by atoms with Crippen molar-refractivity contribution in [3.8, 4) is 0 Å². The van der Waals surface area contributed by atoms with Gasteiger partial charge in [-0.25, -0.2) is 0 Å². The molecule has 1 rings (SSSR count). The van der Waals surface area contributed by atoms with Crippen LogP contribution in [0.4, 0.5) is 0 Å². The fourth-order valence-corrected chi connectivity index (χ4v) is 1.94. The molecule has 0 aliphatic carbocycles. The average Bonchev–Trinajstić information content (AvgIpc) is 2.06. The topological polar surface area (TPSA) is 15.3 Å². The van der Waals surface area contributed by atoms with Gasteiger partial charge in [0, 0.05) is 25.0 Å². The van der Waals surface area contributed by atoms with E-state index in [0.29, 0.717) is 5.41 Å². The summed E-state index contributed by atoms with van der Waals surface area (Å²) in [7, 11) is 2.18. The summed E-state index contributed by atoms with van der Waals surface area (Å²) in [5.74, 6) is 0. The van der Waals surface area contributed by atoms with Gasteiger partial charge in [-0.05, 0) is 20.0 Å². The van der Waals surface area contributed by atoms with Crippen molar-refractivity contribution < 1.29 is 0 Å². The molecule has 0 spiro atoms. The molecule has 1 fully saturated rings. The predicted molar refractivity (Wildman–Crippen MR) is 60.1 cm³/mol. The van der Waals surface area contributed by atoms with Gasteiger partial charge in [0.1, 0.15) is 0 Å². The fourth-order valence-electron chi connectivity index (χ4n) is 1.94. The maximum absolute atomic E-state index is 3.47. The Morgan fingerprint density at radius 3 is 2.23 bits per heavy atom. The largest absolute Gasteiger partial charge is 0.316 e. The molecule has 2 nitrogen and oxygen atoms in total. The second-order valence-electron chi connectivity index (χ2n) is 4.16. The highest BCUT2D eigenvalue weighted by Crippen LogP contribution is 2.26. The molecule has 0 aromatic carbocycles. The Morgan fingerprint density at radius 1 is 1.31 bits per heavy atom. The fraction of sp³-hybridized carbons (Fsp3) is 1.00. The first-order valence-corrected chi connectivity index (χ1v) is 5.55. The molecule has 0 unspecified atom stereocenters. The Bertz CT molecular complexity index is 117. The first-order valence-electron chi connectivity index (χ1n) is 5.55. The van der Waals surface area contributed by atoms with Crippen LogP contribution in [0, 0.1) is 5.41 Å². The monoisotopic (exact) mass is 186 g/mol. The molecule has 0 amide bonds. The summed E-state index contributed by atoms with van der Waals surface area (Å²) in [6.07, 6.45) is 1.24. The van der Waals surface area contributed by atoms with Crippen molar-refractivity contribution in [1.82, 2.24) is 10.2 Å². The minimum atomic E-state index is 0.559. The van der Waals surface area contributed by atoms with Gasteiger partial charge in [-0.2, -0.15) is 0 Å². The lowest BCUT2D eigenvalue weighted by molar-refractivity contribution is 0.0399. The van der Waals surface area contributed by atoms with Gasteiger partial charge in [0.2, 0.25) is 0 Å². The lowest BCUT2D eigenvalue weighted by Gasteiger charge is -2.46. The SMILES string of the molecule is CC.CCCNCC1(C)CN(C)C1. The van der Waals surface area contributed by atoms with Crippen LogP contribution < -0.4 is 5.32 Å². The maximum Gasteiger partial charge on any atom is 0.00570 e. The van der Waals surface area contributed by atoms with Gasteiger partial charge in [-0.1, -0.05) is 27.7 Å². The Hall–Kier alpha value is -0.0800. The van der Waals surface area contributed by atoms with E-state index < -0.39 is 0 Å². The third-order valence-electron chi connectivity index (χ3n) is 2.28. The summed E-state index contributed by atoms with van der Waals surface area (Å²) < 4.78 is 0. The summed E-state index contributed by atoms with van der Waals surface area (Å²) >= 11 is 0. The smallest absolute Gasteiger partial charge is 0.00570 e. The second-order valence-corrected chi connectivity index (χ2v) is 4.16. The zero-order chi connectivity index (χ0) is 10.3. The highest BCUT2D eigenvalue weighted by atomic mass is 15.2. The Kier molecular flexibility index (Phi) is 6.35. The highest BCUT2D eigenvalue weighted by Gasteiger charge is 2.35. The Labute approximate surface area is 83.7 Å². The molecule has 0 radical (unpaired) electrons. The Balaban J connectivity index is 0.000000671. The number of rotatable bonds is 4. The molecule has 1 N–H and O–H groups in total. The van der Waals surface area contributed by atoms with Crippen molar-refractivity contribution in [3.05, 3.63) is 0 Å². The van der Waals surface area contributed by atoms with E-state index in [9.17, 15) is 0 Å². The summed E-state index contributed by atoms with van der Waals surface area (Å²) in [5.41, 5.74) is 0.559. The quantitative estimate of drug-likeness (QED) is 0.675. The summed E-state index contributed by atoms with van der Waals surface area (Å²) in [6, 6.07) is 0. The minimum Gasteiger partial charge on any atom is -0.316 e. The molecule has 1 saturated heterocycles. The lowest BCUT2D eigenvalue weighted by atomic mass is 9.82. The van der Waals surface area contributed by atoms with Crippen LogP contribution >= 0.6 is 0 Å². The molecule has 2 heteroatoms. The van der Waals surface area contributed by atoms with E-state index in [1.807, 2.05) is 13.8 Å². The molecule has 80 valence electrons. The van der Waals surface area contributed by atoms with Crippen molar-refractivity contribution in [2.75, 3.05) is 33.2 Å². The van der Waals surface area contributed by atoms with Crippen LogP contribution in [0.3, 0.4) is 0 Å². The second kappa shape index (κ2) is 6.39. The van der Waals surface area contributed by atoms with Gasteiger partial charge >= 0.3 is 0 Å². The highest BCUT2D eigenvalue weighted by molar-refractivity contribution is 4.90. The molecule has 0 atom stereocenters. The summed E-state index contributed by atoms with van der Waals surface area (Å²) in [4.78, 5) is 2.37. The third kappa shape index (κ3) is 4.63. The van der Waals surface area contributed by atoms with Crippen LogP contribution in [0.5, 0.6) is 0 Å². The Morgan fingerprint density at radius 2 is 1.85 bits per heavy atom. The summed E-state index contributed by atoms with van der Waals surface area (Å²) in [6.45, 7) is 13.4. The van der Waals surface area contributed by atoms with Gasteiger partial charge in [-0.15, -0.1) is 0 Å². The molecule has 0 bridgehead atoms. The molecule has 1 heterocycles. The molecule has 13 heavy (non-hydrogen) atoms. The van der Waals surface area contributed by atoms with Gasteiger partial charge in [0.05, 0.1) is 0 Å². The number of hydrogen-bond donors (Lipinski definition) is 1. The average molecular weight is 186 g/mol. The van der Waals surface area contributed by atoms with Crippen LogP contribution in [0.25, 0.3) is 0 Å². The number of nitrogens with zero attached hydrogens (tertiary/aromatic N) is 1. The molecule has 0 saturated carbocycles. The van der Waals surface area contributed by atoms with Crippen molar-refractivity contribution >= 4 is 0 Å². The van der Waals surface area contributed by atoms with Crippen LogP contribution in [0.2, 0.25) is 0 Å². The van der Waals surface area contributed by atoms with E-state index in [1.165, 1.54) is 32.6 Å². The van der Waals surface area contributed by atoms with Gasteiger partial charge in [-0.3, -0.25) is 0 Å². The van der Waals surface area contributed by atoms with E-state index in [0.717, 1.165) is 0 Å². The number of likely N-dealkylation sites (tertiary alicyclic amines) is 1. The minimum absolute atomic E-state index is 0.559. The van der Waals surface area contributed by atoms with Crippen molar-refractivity contribution in [1.29, 1.82) is 0 Å². The molecular formula is C11H26N2. The zero-order valence-electron chi connectivity index (χ0n) is 9.98. The van der Waals surface area contributed by atoms with Crippen LogP contribution in [0.1, 0.15) is 34.1 Å². The number of hydrogen-bond acceptors (Lipinski definition) is 2. The van der Waals surface area contributed by atoms with Gasteiger partial charge in [0.25, 0.3) is 0 Å². The van der Waals surface area contributed by atoms with Crippen molar-refractivity contribution in [2.24, 2.45) is 5.41 Å². The summed E-state index contributed by atoms with van der Waals surface area (Å²) in [5, 5.41) is 3.47. The number of nitrogens with one attached hydrogen (secondary N) is 1. The first kappa shape index (κ1) is 12.9. The molecule has 1 aliphatic rings. The van der Waals surface area contributed by atoms with E-state index in [1.54, 1.807) is 0 Å². The molecule has 0 aromatic heterocycles. The van der Waals surface area contributed by atoms with Crippen LogP contribution in [0.15, 0.2) is 0 Å². The lowest BCUT2D eigenvalue weighted by Crippen LogP contribution is -2.56. The van der Waals surface area contributed by atoms with E-state index in [4.69, 9.17) is 0 Å². The van der Waals surface area contributed by atoms with Gasteiger partial charge in [0.15, 0.2) is 0 Å².